The molecular formula is C17H22O5. The van der Waals surface area contributed by atoms with E-state index in [2.05, 4.69) is 0 Å². The normalized spacial score (nSPS) is 29.0. The third-order valence-corrected chi connectivity index (χ3v) is 4.76. The average molecular weight is 306 g/mol. The molecule has 1 aromatic carbocycles. The molecule has 5 nitrogen and oxygen atoms in total. The van der Waals surface area contributed by atoms with Crippen molar-refractivity contribution in [2.75, 3.05) is 7.11 Å². The highest BCUT2D eigenvalue weighted by Crippen LogP contribution is 2.53. The van der Waals surface area contributed by atoms with E-state index < -0.39 is 5.97 Å². The lowest BCUT2D eigenvalue weighted by Crippen LogP contribution is -2.48. The van der Waals surface area contributed by atoms with Gasteiger partial charge in [0.1, 0.15) is 22.7 Å². The molecule has 0 bridgehead atoms. The third kappa shape index (κ3) is 2.24. The molecule has 2 aliphatic heterocycles. The molecule has 1 fully saturated rings. The molecule has 0 saturated carbocycles. The van der Waals surface area contributed by atoms with Crippen LogP contribution in [0.5, 0.6) is 11.5 Å². The standard InChI is InChI=1S/C17H22O5/c1-9-5-7-11-15(21-9)13-12(22-17(11,2)3)8-6-10(14(13)18)16(19)20-4/h6,8-9,11,15,18H,5,7H2,1-4H3/t9-,11-,15-/m1/s1. The van der Waals surface area contributed by atoms with E-state index in [4.69, 9.17) is 14.2 Å². The van der Waals surface area contributed by atoms with Crippen molar-refractivity contribution in [1.29, 1.82) is 0 Å². The van der Waals surface area contributed by atoms with Crippen LogP contribution in [0.25, 0.3) is 0 Å². The van der Waals surface area contributed by atoms with E-state index in [1.54, 1.807) is 6.07 Å². The highest BCUT2D eigenvalue weighted by Gasteiger charge is 2.48. The number of hydrogen-bond donors (Lipinski definition) is 1. The van der Waals surface area contributed by atoms with Crippen molar-refractivity contribution in [1.82, 2.24) is 0 Å². The lowest BCUT2D eigenvalue weighted by molar-refractivity contribution is -0.145. The Labute approximate surface area is 130 Å². The van der Waals surface area contributed by atoms with Crippen LogP contribution in [-0.2, 0) is 9.47 Å². The minimum Gasteiger partial charge on any atom is -0.507 e. The van der Waals surface area contributed by atoms with Gasteiger partial charge >= 0.3 is 5.97 Å². The molecular weight excluding hydrogens is 284 g/mol. The molecule has 5 heteroatoms. The first kappa shape index (κ1) is 15.2. The van der Waals surface area contributed by atoms with Crippen LogP contribution in [0.1, 0.15) is 55.6 Å². The van der Waals surface area contributed by atoms with Crippen LogP contribution in [0.4, 0.5) is 0 Å². The van der Waals surface area contributed by atoms with Crippen molar-refractivity contribution < 1.29 is 24.1 Å². The summed E-state index contributed by atoms with van der Waals surface area (Å²) in [5.74, 6) is 0.0509. The molecule has 0 spiro atoms. The Morgan fingerprint density at radius 3 is 2.77 bits per heavy atom. The SMILES string of the molecule is COC(=O)c1ccc2c(c1O)[C@@H]1O[C@H](C)CC[C@H]1C(C)(C)O2. The molecule has 0 aliphatic carbocycles. The van der Waals surface area contributed by atoms with Crippen molar-refractivity contribution in [3.63, 3.8) is 0 Å². The highest BCUT2D eigenvalue weighted by molar-refractivity contribution is 5.93. The Morgan fingerprint density at radius 2 is 2.09 bits per heavy atom. The zero-order chi connectivity index (χ0) is 16.1. The predicted octanol–water partition coefficient (Wildman–Crippen LogP) is 3.21. The molecule has 1 saturated heterocycles. The Bertz CT molecular complexity index is 607. The zero-order valence-corrected chi connectivity index (χ0v) is 13.4. The monoisotopic (exact) mass is 306 g/mol. The van der Waals surface area contributed by atoms with Crippen LogP contribution >= 0.6 is 0 Å². The third-order valence-electron chi connectivity index (χ3n) is 4.76. The van der Waals surface area contributed by atoms with Gasteiger partial charge in [-0.05, 0) is 45.7 Å². The number of methoxy groups -OCH3 is 1. The lowest BCUT2D eigenvalue weighted by Gasteiger charge is -2.48. The first-order valence-corrected chi connectivity index (χ1v) is 7.63. The van der Waals surface area contributed by atoms with E-state index in [0.717, 1.165) is 12.8 Å². The number of carbonyl (C=O) groups excluding carboxylic acids is 1. The quantitative estimate of drug-likeness (QED) is 0.807. The van der Waals surface area contributed by atoms with E-state index in [1.807, 2.05) is 20.8 Å². The molecule has 2 aliphatic rings. The number of ether oxygens (including phenoxy) is 3. The molecule has 0 aromatic heterocycles. The van der Waals surface area contributed by atoms with Crippen LogP contribution in [0.15, 0.2) is 12.1 Å². The second-order valence-electron chi connectivity index (χ2n) is 6.62. The van der Waals surface area contributed by atoms with Gasteiger partial charge in [-0.1, -0.05) is 0 Å². The van der Waals surface area contributed by atoms with Crippen molar-refractivity contribution in [2.24, 2.45) is 5.92 Å². The van der Waals surface area contributed by atoms with Crippen molar-refractivity contribution in [3.05, 3.63) is 23.3 Å². The van der Waals surface area contributed by atoms with Crippen molar-refractivity contribution in [3.8, 4) is 11.5 Å². The molecule has 3 rings (SSSR count). The van der Waals surface area contributed by atoms with Crippen LogP contribution in [0, 0.1) is 5.92 Å². The van der Waals surface area contributed by atoms with Gasteiger partial charge in [0.05, 0.1) is 24.9 Å². The van der Waals surface area contributed by atoms with Crippen LogP contribution in [0.3, 0.4) is 0 Å². The molecule has 0 unspecified atom stereocenters. The Kier molecular flexibility index (Phi) is 3.56. The molecule has 1 aromatic rings. The smallest absolute Gasteiger partial charge is 0.341 e. The summed E-state index contributed by atoms with van der Waals surface area (Å²) >= 11 is 0. The molecule has 1 N–H and O–H groups in total. The number of aromatic hydroxyl groups is 1. The number of esters is 1. The van der Waals surface area contributed by atoms with Gasteiger partial charge in [-0.2, -0.15) is 0 Å². The number of benzene rings is 1. The number of rotatable bonds is 1. The lowest BCUT2D eigenvalue weighted by atomic mass is 9.75. The van der Waals surface area contributed by atoms with E-state index >= 15 is 0 Å². The minimum atomic E-state index is -0.564. The van der Waals surface area contributed by atoms with Gasteiger partial charge in [0, 0.05) is 5.92 Å². The largest absolute Gasteiger partial charge is 0.507 e. The molecule has 120 valence electrons. The summed E-state index contributed by atoms with van der Waals surface area (Å²) in [6, 6.07) is 3.24. The van der Waals surface area contributed by atoms with E-state index in [-0.39, 0.29) is 35.0 Å². The molecule has 0 radical (unpaired) electrons. The Morgan fingerprint density at radius 1 is 1.36 bits per heavy atom. The van der Waals surface area contributed by atoms with Crippen LogP contribution < -0.4 is 4.74 Å². The topological polar surface area (TPSA) is 65.0 Å². The van der Waals surface area contributed by atoms with Gasteiger partial charge in [0.25, 0.3) is 0 Å². The van der Waals surface area contributed by atoms with Crippen molar-refractivity contribution >= 4 is 5.97 Å². The second-order valence-corrected chi connectivity index (χ2v) is 6.62. The van der Waals surface area contributed by atoms with Crippen LogP contribution in [-0.4, -0.2) is 29.9 Å². The average Bonchev–Trinajstić information content (AvgIpc) is 2.45. The Balaban J connectivity index is 2.13. The van der Waals surface area contributed by atoms with Gasteiger partial charge in [-0.3, -0.25) is 0 Å². The molecule has 0 amide bonds. The summed E-state index contributed by atoms with van der Waals surface area (Å²) in [5, 5.41) is 10.6. The van der Waals surface area contributed by atoms with Crippen LogP contribution in [0.2, 0.25) is 0 Å². The van der Waals surface area contributed by atoms with Gasteiger partial charge in [-0.25, -0.2) is 4.79 Å². The number of phenolic OH excluding ortho intramolecular Hbond substituents is 1. The first-order valence-electron chi connectivity index (χ1n) is 7.63. The summed E-state index contributed by atoms with van der Waals surface area (Å²) in [6.45, 7) is 6.11. The van der Waals surface area contributed by atoms with E-state index in [1.165, 1.54) is 13.2 Å². The number of hydrogen-bond acceptors (Lipinski definition) is 5. The van der Waals surface area contributed by atoms with E-state index in [9.17, 15) is 9.90 Å². The zero-order valence-electron chi connectivity index (χ0n) is 13.4. The van der Waals surface area contributed by atoms with Gasteiger partial charge in [0.15, 0.2) is 0 Å². The molecule has 3 atom stereocenters. The fourth-order valence-electron chi connectivity index (χ4n) is 3.55. The van der Waals surface area contributed by atoms with E-state index in [0.29, 0.717) is 11.3 Å². The summed E-state index contributed by atoms with van der Waals surface area (Å²) in [5.41, 5.74) is 0.334. The minimum absolute atomic E-state index is 0.0936. The maximum Gasteiger partial charge on any atom is 0.341 e. The van der Waals surface area contributed by atoms with Crippen molar-refractivity contribution in [2.45, 2.75) is 51.4 Å². The summed E-state index contributed by atoms with van der Waals surface area (Å²) in [7, 11) is 1.29. The van der Waals surface area contributed by atoms with Gasteiger partial charge in [-0.15, -0.1) is 0 Å². The Hall–Kier alpha value is -1.75. The predicted molar refractivity (Wildman–Crippen MR) is 80.2 cm³/mol. The van der Waals surface area contributed by atoms with Gasteiger partial charge in [0.2, 0.25) is 0 Å². The van der Waals surface area contributed by atoms with Gasteiger partial charge < -0.3 is 19.3 Å². The molecule has 2 heterocycles. The first-order chi connectivity index (χ1) is 10.3. The number of fused-ring (bicyclic) bond motifs is 3. The number of carbonyl (C=O) groups is 1. The summed E-state index contributed by atoms with van der Waals surface area (Å²) < 4.78 is 16.9. The second kappa shape index (κ2) is 5.16. The summed E-state index contributed by atoms with van der Waals surface area (Å²) in [4.78, 5) is 11.8. The fourth-order valence-corrected chi connectivity index (χ4v) is 3.55. The maximum absolute atomic E-state index is 11.8. The molecule has 22 heavy (non-hydrogen) atoms. The highest BCUT2D eigenvalue weighted by atomic mass is 16.5. The summed E-state index contributed by atoms with van der Waals surface area (Å²) in [6.07, 6.45) is 1.76. The fraction of sp³-hybridized carbons (Fsp3) is 0.588. The maximum atomic E-state index is 11.8. The number of phenols is 1.